The van der Waals surface area contributed by atoms with E-state index in [4.69, 9.17) is 21.1 Å². The van der Waals surface area contributed by atoms with E-state index in [9.17, 15) is 4.79 Å². The molecule has 1 saturated heterocycles. The van der Waals surface area contributed by atoms with Crippen molar-refractivity contribution in [3.63, 3.8) is 0 Å². The highest BCUT2D eigenvalue weighted by Crippen LogP contribution is 2.29. The fourth-order valence-corrected chi connectivity index (χ4v) is 3.06. The zero-order valence-corrected chi connectivity index (χ0v) is 15.6. The van der Waals surface area contributed by atoms with Crippen molar-refractivity contribution >= 4 is 28.7 Å². The summed E-state index contributed by atoms with van der Waals surface area (Å²) < 4.78 is 12.4. The number of aromatic nitrogens is 4. The lowest BCUT2D eigenvalue weighted by atomic mass is 10.1. The molecule has 0 radical (unpaired) electrons. The molecular weight excluding hydrogens is 346 g/mol. The van der Waals surface area contributed by atoms with E-state index in [2.05, 4.69) is 15.1 Å². The minimum Gasteiger partial charge on any atom is -0.467 e. The number of rotatable bonds is 2. The van der Waals surface area contributed by atoms with Gasteiger partial charge in [-0.1, -0.05) is 11.6 Å². The third-order valence-corrected chi connectivity index (χ3v) is 4.32. The van der Waals surface area contributed by atoms with Gasteiger partial charge < -0.3 is 14.4 Å². The first-order valence-corrected chi connectivity index (χ1v) is 8.59. The molecule has 0 aromatic carbocycles. The maximum Gasteiger partial charge on any atom is 0.410 e. The highest BCUT2D eigenvalue weighted by atomic mass is 35.5. The van der Waals surface area contributed by atoms with Crippen molar-refractivity contribution < 1.29 is 14.3 Å². The molecule has 8 nitrogen and oxygen atoms in total. The fraction of sp³-hybridized carbons (Fsp3) is 0.625. The number of likely N-dealkylation sites (tertiary alicyclic amines) is 1. The molecule has 1 fully saturated rings. The Hall–Kier alpha value is -2.09. The van der Waals surface area contributed by atoms with Gasteiger partial charge in [-0.3, -0.25) is 0 Å². The number of nitrogens with zero attached hydrogens (tertiary/aromatic N) is 5. The van der Waals surface area contributed by atoms with Crippen LogP contribution in [0.2, 0.25) is 5.15 Å². The van der Waals surface area contributed by atoms with Crippen LogP contribution in [0.3, 0.4) is 0 Å². The van der Waals surface area contributed by atoms with E-state index in [1.165, 1.54) is 7.11 Å². The van der Waals surface area contributed by atoms with Crippen molar-refractivity contribution in [2.24, 2.45) is 0 Å². The molecule has 0 aliphatic carbocycles. The summed E-state index contributed by atoms with van der Waals surface area (Å²) in [7, 11) is 1.50. The second-order valence-corrected chi connectivity index (χ2v) is 7.38. The van der Waals surface area contributed by atoms with E-state index in [1.807, 2.05) is 25.5 Å². The predicted octanol–water partition coefficient (Wildman–Crippen LogP) is 3.06. The van der Waals surface area contributed by atoms with Gasteiger partial charge in [0, 0.05) is 13.1 Å². The summed E-state index contributed by atoms with van der Waals surface area (Å²) in [5.41, 5.74) is 0.156. The summed E-state index contributed by atoms with van der Waals surface area (Å²) in [4.78, 5) is 22.3. The van der Waals surface area contributed by atoms with E-state index < -0.39 is 5.60 Å². The van der Waals surface area contributed by atoms with E-state index in [-0.39, 0.29) is 18.1 Å². The van der Waals surface area contributed by atoms with Crippen molar-refractivity contribution in [3.05, 3.63) is 11.3 Å². The Bertz CT molecular complexity index is 778. The van der Waals surface area contributed by atoms with Crippen LogP contribution in [0.1, 0.15) is 39.7 Å². The number of hydrogen-bond donors (Lipinski definition) is 0. The molecule has 0 atom stereocenters. The van der Waals surface area contributed by atoms with E-state index in [0.29, 0.717) is 29.3 Å². The standard InChI is InChI=1S/C16H22ClN5O3/c1-16(2,3)25-15(23)21-7-5-10(6-8-21)22-13-11(9-18-22)12(17)19-14(20-13)24-4/h9-10H,5-8H2,1-4H3. The van der Waals surface area contributed by atoms with Crippen LogP contribution in [0.25, 0.3) is 11.0 Å². The molecule has 0 N–H and O–H groups in total. The van der Waals surface area contributed by atoms with E-state index in [0.717, 1.165) is 12.8 Å². The second-order valence-electron chi connectivity index (χ2n) is 7.03. The molecule has 1 aliphatic rings. The van der Waals surface area contributed by atoms with E-state index >= 15 is 0 Å². The van der Waals surface area contributed by atoms with Gasteiger partial charge in [-0.2, -0.15) is 15.1 Å². The molecule has 1 amide bonds. The molecule has 3 rings (SSSR count). The number of ether oxygens (including phenoxy) is 2. The molecule has 2 aromatic rings. The zero-order chi connectivity index (χ0) is 18.2. The van der Waals surface area contributed by atoms with Crippen molar-refractivity contribution in [3.8, 4) is 6.01 Å². The smallest absolute Gasteiger partial charge is 0.410 e. The van der Waals surface area contributed by atoms with Crippen LogP contribution in [-0.2, 0) is 4.74 Å². The van der Waals surface area contributed by atoms with Crippen LogP contribution < -0.4 is 4.74 Å². The maximum atomic E-state index is 12.2. The molecule has 2 aromatic heterocycles. The lowest BCUT2D eigenvalue weighted by Gasteiger charge is -2.33. The predicted molar refractivity (Wildman–Crippen MR) is 93.0 cm³/mol. The van der Waals surface area contributed by atoms with Gasteiger partial charge in [0.15, 0.2) is 5.65 Å². The van der Waals surface area contributed by atoms with Crippen LogP contribution in [0.5, 0.6) is 6.01 Å². The molecule has 0 unspecified atom stereocenters. The quantitative estimate of drug-likeness (QED) is 0.758. The van der Waals surface area contributed by atoms with Crippen molar-refractivity contribution in [2.75, 3.05) is 20.2 Å². The normalized spacial score (nSPS) is 16.3. The van der Waals surface area contributed by atoms with E-state index in [1.54, 1.807) is 11.1 Å². The van der Waals surface area contributed by atoms with Crippen LogP contribution in [0, 0.1) is 0 Å². The number of methoxy groups -OCH3 is 1. The molecule has 0 saturated carbocycles. The molecule has 1 aliphatic heterocycles. The van der Waals surface area contributed by atoms with Gasteiger partial charge in [0.05, 0.1) is 24.7 Å². The number of halogens is 1. The average molecular weight is 368 g/mol. The minimum atomic E-state index is -0.490. The average Bonchev–Trinajstić information content (AvgIpc) is 2.97. The molecule has 0 spiro atoms. The molecule has 25 heavy (non-hydrogen) atoms. The van der Waals surface area contributed by atoms with Gasteiger partial charge in [0.1, 0.15) is 10.8 Å². The van der Waals surface area contributed by atoms with Gasteiger partial charge in [-0.05, 0) is 33.6 Å². The van der Waals surface area contributed by atoms with Gasteiger partial charge in [-0.25, -0.2) is 9.48 Å². The summed E-state index contributed by atoms with van der Waals surface area (Å²) in [5, 5.41) is 5.43. The number of carbonyl (C=O) groups is 1. The Balaban J connectivity index is 1.74. The van der Waals surface area contributed by atoms with Gasteiger partial charge in [-0.15, -0.1) is 0 Å². The molecular formula is C16H22ClN5O3. The lowest BCUT2D eigenvalue weighted by molar-refractivity contribution is 0.0186. The molecule has 9 heteroatoms. The Kier molecular flexibility index (Phi) is 4.73. The highest BCUT2D eigenvalue weighted by Gasteiger charge is 2.29. The number of amides is 1. The SMILES string of the molecule is COc1nc(Cl)c2cnn(C3CCN(C(=O)OC(C)(C)C)CC3)c2n1. The third kappa shape index (κ3) is 3.78. The summed E-state index contributed by atoms with van der Waals surface area (Å²) in [6, 6.07) is 0.345. The van der Waals surface area contributed by atoms with Crippen molar-refractivity contribution in [2.45, 2.75) is 45.3 Å². The van der Waals surface area contributed by atoms with Crippen LogP contribution in [0.4, 0.5) is 4.79 Å². The zero-order valence-electron chi connectivity index (χ0n) is 14.8. The second kappa shape index (κ2) is 6.67. The van der Waals surface area contributed by atoms with Crippen LogP contribution in [0.15, 0.2) is 6.20 Å². The summed E-state index contributed by atoms with van der Waals surface area (Å²) in [6.07, 6.45) is 2.92. The first-order chi connectivity index (χ1) is 11.8. The maximum absolute atomic E-state index is 12.2. The Morgan fingerprint density at radius 1 is 1.28 bits per heavy atom. The van der Waals surface area contributed by atoms with Crippen molar-refractivity contribution in [1.29, 1.82) is 0 Å². The van der Waals surface area contributed by atoms with Crippen LogP contribution in [-0.4, -0.2) is 56.5 Å². The van der Waals surface area contributed by atoms with Gasteiger partial charge in [0.25, 0.3) is 0 Å². The van der Waals surface area contributed by atoms with Gasteiger partial charge >= 0.3 is 12.1 Å². The number of piperidine rings is 1. The fourth-order valence-electron chi connectivity index (χ4n) is 2.85. The van der Waals surface area contributed by atoms with Gasteiger partial charge in [0.2, 0.25) is 0 Å². The van der Waals surface area contributed by atoms with Crippen molar-refractivity contribution in [1.82, 2.24) is 24.6 Å². The summed E-state index contributed by atoms with van der Waals surface area (Å²) >= 11 is 6.17. The first kappa shape index (κ1) is 17.7. The topological polar surface area (TPSA) is 82.4 Å². The Morgan fingerprint density at radius 2 is 1.96 bits per heavy atom. The molecule has 136 valence electrons. The number of hydrogen-bond acceptors (Lipinski definition) is 6. The third-order valence-electron chi connectivity index (χ3n) is 4.03. The Morgan fingerprint density at radius 3 is 2.56 bits per heavy atom. The lowest BCUT2D eigenvalue weighted by Crippen LogP contribution is -2.42. The minimum absolute atomic E-state index is 0.131. The monoisotopic (exact) mass is 367 g/mol. The summed E-state index contributed by atoms with van der Waals surface area (Å²) in [6.45, 7) is 6.81. The first-order valence-electron chi connectivity index (χ1n) is 8.21. The number of carbonyl (C=O) groups excluding carboxylic acids is 1. The largest absolute Gasteiger partial charge is 0.467 e. The number of fused-ring (bicyclic) bond motifs is 1. The molecule has 0 bridgehead atoms. The van der Waals surface area contributed by atoms with Crippen LogP contribution >= 0.6 is 11.6 Å². The Labute approximate surface area is 151 Å². The highest BCUT2D eigenvalue weighted by molar-refractivity contribution is 6.33. The summed E-state index contributed by atoms with van der Waals surface area (Å²) in [5.74, 6) is 0. The molecule has 3 heterocycles.